The van der Waals surface area contributed by atoms with Crippen molar-refractivity contribution in [2.45, 2.75) is 46.0 Å². The summed E-state index contributed by atoms with van der Waals surface area (Å²) in [7, 11) is 0. The van der Waals surface area contributed by atoms with E-state index in [-0.39, 0.29) is 5.41 Å². The van der Waals surface area contributed by atoms with E-state index in [1.807, 2.05) is 25.3 Å². The van der Waals surface area contributed by atoms with Crippen LogP contribution in [0.15, 0.2) is 18.3 Å². The van der Waals surface area contributed by atoms with Gasteiger partial charge in [0.05, 0.1) is 0 Å². The Balaban J connectivity index is 2.04. The Morgan fingerprint density at radius 3 is 2.62 bits per heavy atom. The molecule has 16 heavy (non-hydrogen) atoms. The molecular formula is C14H19NO. The molecule has 0 aromatic carbocycles. The molecule has 0 radical (unpaired) electrons. The van der Waals surface area contributed by atoms with Gasteiger partial charge in [-0.1, -0.05) is 25.8 Å². The number of carbonyl (C=O) groups excluding carboxylic acids is 1. The second kappa shape index (κ2) is 4.36. The van der Waals surface area contributed by atoms with Crippen LogP contribution in [0.25, 0.3) is 0 Å². The third-order valence-corrected chi connectivity index (χ3v) is 3.69. The highest BCUT2D eigenvalue weighted by Crippen LogP contribution is 2.38. The topological polar surface area (TPSA) is 30.0 Å². The molecule has 0 N–H and O–H groups in total. The van der Waals surface area contributed by atoms with Crippen molar-refractivity contribution in [3.63, 3.8) is 0 Å². The maximum Gasteiger partial charge on any atom is 0.144 e. The molecule has 2 heteroatoms. The van der Waals surface area contributed by atoms with E-state index in [1.54, 1.807) is 0 Å². The van der Waals surface area contributed by atoms with Crippen molar-refractivity contribution in [2.24, 2.45) is 5.41 Å². The summed E-state index contributed by atoms with van der Waals surface area (Å²) in [6, 6.07) is 3.98. The number of pyridine rings is 1. The predicted molar refractivity (Wildman–Crippen MR) is 64.3 cm³/mol. The summed E-state index contributed by atoms with van der Waals surface area (Å²) < 4.78 is 0. The lowest BCUT2D eigenvalue weighted by Crippen LogP contribution is -2.26. The first kappa shape index (κ1) is 11.3. The first-order valence-electron chi connectivity index (χ1n) is 6.05. The molecule has 1 aliphatic carbocycles. The minimum Gasteiger partial charge on any atom is -0.299 e. The first-order valence-corrected chi connectivity index (χ1v) is 6.05. The van der Waals surface area contributed by atoms with Crippen molar-refractivity contribution < 1.29 is 4.79 Å². The van der Waals surface area contributed by atoms with Crippen molar-refractivity contribution in [3.8, 4) is 0 Å². The number of rotatable bonds is 3. The normalized spacial score (nSPS) is 18.6. The second-order valence-corrected chi connectivity index (χ2v) is 5.19. The van der Waals surface area contributed by atoms with E-state index in [0.717, 1.165) is 24.1 Å². The largest absolute Gasteiger partial charge is 0.299 e. The minimum atomic E-state index is -0.0768. The molecule has 1 heterocycles. The van der Waals surface area contributed by atoms with Gasteiger partial charge in [-0.05, 0) is 31.4 Å². The summed E-state index contributed by atoms with van der Waals surface area (Å²) >= 11 is 0. The molecular weight excluding hydrogens is 198 g/mol. The first-order chi connectivity index (χ1) is 7.60. The maximum atomic E-state index is 12.2. The van der Waals surface area contributed by atoms with Gasteiger partial charge in [0.25, 0.3) is 0 Å². The molecule has 0 saturated heterocycles. The Hall–Kier alpha value is -1.18. The second-order valence-electron chi connectivity index (χ2n) is 5.19. The van der Waals surface area contributed by atoms with Gasteiger partial charge in [-0.25, -0.2) is 0 Å². The standard InChI is InChI=1S/C14H19NO/c1-11-5-6-12(15-10-11)9-13(16)14(2)7-3-4-8-14/h5-6,10H,3-4,7-9H2,1-2H3. The summed E-state index contributed by atoms with van der Waals surface area (Å²) in [4.78, 5) is 16.5. The molecule has 1 fully saturated rings. The van der Waals surface area contributed by atoms with Crippen molar-refractivity contribution in [1.29, 1.82) is 0 Å². The van der Waals surface area contributed by atoms with Crippen LogP contribution in [-0.4, -0.2) is 10.8 Å². The van der Waals surface area contributed by atoms with Crippen molar-refractivity contribution in [1.82, 2.24) is 4.98 Å². The van der Waals surface area contributed by atoms with Crippen LogP contribution in [0.2, 0.25) is 0 Å². The molecule has 0 amide bonds. The van der Waals surface area contributed by atoms with Gasteiger partial charge in [-0.2, -0.15) is 0 Å². The molecule has 2 nitrogen and oxygen atoms in total. The van der Waals surface area contributed by atoms with Gasteiger partial charge in [0.1, 0.15) is 5.78 Å². The molecule has 0 atom stereocenters. The van der Waals surface area contributed by atoms with Gasteiger partial charge in [-0.15, -0.1) is 0 Å². The zero-order valence-electron chi connectivity index (χ0n) is 10.1. The fourth-order valence-electron chi connectivity index (χ4n) is 2.42. The Labute approximate surface area is 97.1 Å². The third-order valence-electron chi connectivity index (χ3n) is 3.69. The monoisotopic (exact) mass is 217 g/mol. The summed E-state index contributed by atoms with van der Waals surface area (Å²) in [6.07, 6.45) is 6.83. The number of carbonyl (C=O) groups is 1. The van der Waals surface area contributed by atoms with E-state index in [9.17, 15) is 4.79 Å². The number of hydrogen-bond acceptors (Lipinski definition) is 2. The summed E-state index contributed by atoms with van der Waals surface area (Å²) in [6.45, 7) is 4.12. The van der Waals surface area contributed by atoms with Crippen LogP contribution < -0.4 is 0 Å². The Kier molecular flexibility index (Phi) is 3.08. The predicted octanol–water partition coefficient (Wildman–Crippen LogP) is 3.08. The molecule has 0 aliphatic heterocycles. The van der Waals surface area contributed by atoms with E-state index in [1.165, 1.54) is 12.8 Å². The van der Waals surface area contributed by atoms with Gasteiger partial charge in [0.2, 0.25) is 0 Å². The van der Waals surface area contributed by atoms with Crippen molar-refractivity contribution in [3.05, 3.63) is 29.6 Å². The van der Waals surface area contributed by atoms with E-state index < -0.39 is 0 Å². The molecule has 1 aromatic rings. The highest BCUT2D eigenvalue weighted by atomic mass is 16.1. The number of nitrogens with zero attached hydrogens (tertiary/aromatic N) is 1. The summed E-state index contributed by atoms with van der Waals surface area (Å²) in [5, 5.41) is 0. The lowest BCUT2D eigenvalue weighted by Gasteiger charge is -2.21. The fourth-order valence-corrected chi connectivity index (χ4v) is 2.42. The Morgan fingerprint density at radius 2 is 2.06 bits per heavy atom. The summed E-state index contributed by atoms with van der Waals surface area (Å²) in [5.74, 6) is 0.362. The maximum absolute atomic E-state index is 12.2. The van der Waals surface area contributed by atoms with Crippen LogP contribution in [0.1, 0.15) is 43.9 Å². The highest BCUT2D eigenvalue weighted by Gasteiger charge is 2.35. The van der Waals surface area contributed by atoms with Crippen LogP contribution in [-0.2, 0) is 11.2 Å². The zero-order valence-corrected chi connectivity index (χ0v) is 10.1. The van der Waals surface area contributed by atoms with Gasteiger partial charge >= 0.3 is 0 Å². The number of aryl methyl sites for hydroxylation is 1. The van der Waals surface area contributed by atoms with E-state index >= 15 is 0 Å². The minimum absolute atomic E-state index is 0.0768. The molecule has 0 unspecified atom stereocenters. The number of aromatic nitrogens is 1. The van der Waals surface area contributed by atoms with Crippen LogP contribution in [0.3, 0.4) is 0 Å². The Bertz CT molecular complexity index is 374. The van der Waals surface area contributed by atoms with Gasteiger partial charge in [-0.3, -0.25) is 9.78 Å². The molecule has 1 aromatic heterocycles. The SMILES string of the molecule is Cc1ccc(CC(=O)C2(C)CCCC2)nc1. The molecule has 1 aliphatic rings. The van der Waals surface area contributed by atoms with Gasteiger partial charge < -0.3 is 0 Å². The lowest BCUT2D eigenvalue weighted by molar-refractivity contribution is -0.127. The number of Topliss-reactive ketones (excluding diaryl/α,β-unsaturated/α-hetero) is 1. The lowest BCUT2D eigenvalue weighted by atomic mass is 9.82. The average molecular weight is 217 g/mol. The number of hydrogen-bond donors (Lipinski definition) is 0. The molecule has 0 bridgehead atoms. The van der Waals surface area contributed by atoms with Crippen LogP contribution >= 0.6 is 0 Å². The third kappa shape index (κ3) is 2.31. The highest BCUT2D eigenvalue weighted by molar-refractivity contribution is 5.86. The van der Waals surface area contributed by atoms with Crippen LogP contribution in [0.4, 0.5) is 0 Å². The smallest absolute Gasteiger partial charge is 0.144 e. The van der Waals surface area contributed by atoms with Crippen LogP contribution in [0.5, 0.6) is 0 Å². The zero-order chi connectivity index (χ0) is 11.6. The van der Waals surface area contributed by atoms with Crippen LogP contribution in [0, 0.1) is 12.3 Å². The van der Waals surface area contributed by atoms with E-state index in [2.05, 4.69) is 11.9 Å². The number of ketones is 1. The average Bonchev–Trinajstić information content (AvgIpc) is 2.70. The molecule has 0 spiro atoms. The van der Waals surface area contributed by atoms with Crippen molar-refractivity contribution >= 4 is 5.78 Å². The quantitative estimate of drug-likeness (QED) is 0.778. The van der Waals surface area contributed by atoms with Gasteiger partial charge in [0, 0.05) is 23.7 Å². The van der Waals surface area contributed by atoms with E-state index in [4.69, 9.17) is 0 Å². The Morgan fingerprint density at radius 1 is 1.38 bits per heavy atom. The molecule has 86 valence electrons. The van der Waals surface area contributed by atoms with Gasteiger partial charge in [0.15, 0.2) is 0 Å². The van der Waals surface area contributed by atoms with Crippen molar-refractivity contribution in [2.75, 3.05) is 0 Å². The van der Waals surface area contributed by atoms with E-state index in [0.29, 0.717) is 12.2 Å². The summed E-state index contributed by atoms with van der Waals surface area (Å²) in [5.41, 5.74) is 1.97. The molecule has 2 rings (SSSR count). The molecule has 1 saturated carbocycles. The fraction of sp³-hybridized carbons (Fsp3) is 0.571.